The zero-order valence-corrected chi connectivity index (χ0v) is 12.0. The zero-order valence-electron chi connectivity index (χ0n) is 12.0. The Bertz CT molecular complexity index is 553. The number of ether oxygens (including phenoxy) is 1. The SMILES string of the molecule is COc1c(C)cc(C)cc1C(=O)N1CCCC1C(=O)O. The van der Waals surface area contributed by atoms with E-state index in [4.69, 9.17) is 4.74 Å². The number of carbonyl (C=O) groups is 2. The summed E-state index contributed by atoms with van der Waals surface area (Å²) in [6, 6.07) is 2.97. The summed E-state index contributed by atoms with van der Waals surface area (Å²) in [5.74, 6) is -0.686. The van der Waals surface area contributed by atoms with E-state index in [1.165, 1.54) is 12.0 Å². The molecule has 1 aliphatic rings. The van der Waals surface area contributed by atoms with Crippen molar-refractivity contribution >= 4 is 11.9 Å². The zero-order chi connectivity index (χ0) is 14.9. The van der Waals surface area contributed by atoms with Crippen molar-refractivity contribution < 1.29 is 19.4 Å². The minimum absolute atomic E-state index is 0.265. The van der Waals surface area contributed by atoms with Gasteiger partial charge in [-0.3, -0.25) is 4.79 Å². The third-order valence-electron chi connectivity index (χ3n) is 3.65. The van der Waals surface area contributed by atoms with Gasteiger partial charge >= 0.3 is 5.97 Å². The van der Waals surface area contributed by atoms with E-state index < -0.39 is 12.0 Å². The van der Waals surface area contributed by atoms with Crippen molar-refractivity contribution in [2.45, 2.75) is 32.7 Å². The second-order valence-electron chi connectivity index (χ2n) is 5.16. The van der Waals surface area contributed by atoms with Gasteiger partial charge in [0.2, 0.25) is 0 Å². The summed E-state index contributed by atoms with van der Waals surface area (Å²) in [6.07, 6.45) is 1.23. The minimum atomic E-state index is -0.945. The van der Waals surface area contributed by atoms with E-state index in [1.807, 2.05) is 19.9 Å². The normalized spacial score (nSPS) is 18.1. The van der Waals surface area contributed by atoms with Crippen LogP contribution in [0.5, 0.6) is 5.75 Å². The number of amides is 1. The number of likely N-dealkylation sites (tertiary alicyclic amines) is 1. The number of aliphatic carboxylic acids is 1. The van der Waals surface area contributed by atoms with Crippen molar-refractivity contribution in [1.82, 2.24) is 4.90 Å². The van der Waals surface area contributed by atoms with Crippen LogP contribution in [0.2, 0.25) is 0 Å². The first-order valence-corrected chi connectivity index (χ1v) is 6.64. The molecule has 2 rings (SSSR count). The fourth-order valence-corrected chi connectivity index (χ4v) is 2.81. The lowest BCUT2D eigenvalue weighted by Crippen LogP contribution is -2.40. The van der Waals surface area contributed by atoms with E-state index >= 15 is 0 Å². The fraction of sp³-hybridized carbons (Fsp3) is 0.467. The highest BCUT2D eigenvalue weighted by Gasteiger charge is 2.35. The molecule has 1 saturated heterocycles. The number of carboxylic acids is 1. The standard InChI is InChI=1S/C15H19NO4/c1-9-7-10(2)13(20-3)11(8-9)14(17)16-6-4-5-12(16)15(18)19/h7-8,12H,4-6H2,1-3H3,(H,18,19). The molecule has 108 valence electrons. The highest BCUT2D eigenvalue weighted by molar-refractivity contribution is 5.99. The number of carboxylic acid groups (broad SMARTS) is 1. The van der Waals surface area contributed by atoms with Crippen molar-refractivity contribution in [2.24, 2.45) is 0 Å². The van der Waals surface area contributed by atoms with Crippen LogP contribution >= 0.6 is 0 Å². The van der Waals surface area contributed by atoms with Gasteiger partial charge in [0.05, 0.1) is 12.7 Å². The lowest BCUT2D eigenvalue weighted by atomic mass is 10.0. The van der Waals surface area contributed by atoms with Gasteiger partial charge in [-0.05, 0) is 43.9 Å². The Morgan fingerprint density at radius 3 is 2.65 bits per heavy atom. The van der Waals surface area contributed by atoms with Crippen LogP contribution in [0.3, 0.4) is 0 Å². The van der Waals surface area contributed by atoms with Crippen LogP contribution in [0.15, 0.2) is 12.1 Å². The first kappa shape index (κ1) is 14.4. The van der Waals surface area contributed by atoms with Gasteiger partial charge in [0.15, 0.2) is 0 Å². The number of nitrogens with zero attached hydrogens (tertiary/aromatic N) is 1. The van der Waals surface area contributed by atoms with E-state index in [0.29, 0.717) is 24.3 Å². The Labute approximate surface area is 118 Å². The quantitative estimate of drug-likeness (QED) is 0.917. The number of aryl methyl sites for hydroxylation is 2. The fourth-order valence-electron chi connectivity index (χ4n) is 2.81. The first-order chi connectivity index (χ1) is 9.45. The van der Waals surface area contributed by atoms with Crippen molar-refractivity contribution in [2.75, 3.05) is 13.7 Å². The van der Waals surface area contributed by atoms with Crippen LogP contribution in [0.1, 0.15) is 34.3 Å². The van der Waals surface area contributed by atoms with Crippen molar-refractivity contribution in [1.29, 1.82) is 0 Å². The molecule has 1 fully saturated rings. The minimum Gasteiger partial charge on any atom is -0.496 e. The summed E-state index contributed by atoms with van der Waals surface area (Å²) in [6.45, 7) is 4.26. The maximum atomic E-state index is 12.6. The Hall–Kier alpha value is -2.04. The van der Waals surface area contributed by atoms with Gasteiger partial charge in [-0.1, -0.05) is 6.07 Å². The highest BCUT2D eigenvalue weighted by atomic mass is 16.5. The van der Waals surface area contributed by atoms with E-state index in [-0.39, 0.29) is 5.91 Å². The van der Waals surface area contributed by atoms with Gasteiger partial charge in [-0.2, -0.15) is 0 Å². The number of hydrogen-bond donors (Lipinski definition) is 1. The van der Waals surface area contributed by atoms with Gasteiger partial charge in [0, 0.05) is 6.54 Å². The monoisotopic (exact) mass is 277 g/mol. The molecule has 1 aromatic rings. The third kappa shape index (κ3) is 2.48. The Kier molecular flexibility index (Phi) is 3.97. The molecule has 0 radical (unpaired) electrons. The molecule has 0 spiro atoms. The largest absolute Gasteiger partial charge is 0.496 e. The maximum absolute atomic E-state index is 12.6. The number of methoxy groups -OCH3 is 1. The van der Waals surface area contributed by atoms with E-state index in [1.54, 1.807) is 6.07 Å². The predicted molar refractivity (Wildman–Crippen MR) is 74.2 cm³/mol. The van der Waals surface area contributed by atoms with Gasteiger partial charge in [0.25, 0.3) is 5.91 Å². The molecule has 0 saturated carbocycles. The van der Waals surface area contributed by atoms with Crippen LogP contribution in [-0.2, 0) is 4.79 Å². The average molecular weight is 277 g/mol. The van der Waals surface area contributed by atoms with E-state index in [0.717, 1.165) is 17.5 Å². The highest BCUT2D eigenvalue weighted by Crippen LogP contribution is 2.29. The molecule has 1 aromatic carbocycles. The van der Waals surface area contributed by atoms with Gasteiger partial charge in [-0.25, -0.2) is 4.79 Å². The van der Waals surface area contributed by atoms with Crippen LogP contribution in [0.4, 0.5) is 0 Å². The molecule has 0 bridgehead atoms. The first-order valence-electron chi connectivity index (χ1n) is 6.64. The summed E-state index contributed by atoms with van der Waals surface area (Å²) in [4.78, 5) is 25.3. The third-order valence-corrected chi connectivity index (χ3v) is 3.65. The summed E-state index contributed by atoms with van der Waals surface area (Å²) >= 11 is 0. The smallest absolute Gasteiger partial charge is 0.326 e. The second-order valence-corrected chi connectivity index (χ2v) is 5.16. The van der Waals surface area contributed by atoms with Gasteiger partial charge < -0.3 is 14.7 Å². The molecule has 5 nitrogen and oxygen atoms in total. The lowest BCUT2D eigenvalue weighted by molar-refractivity contribution is -0.141. The summed E-state index contributed by atoms with van der Waals surface area (Å²) in [7, 11) is 1.52. The Morgan fingerprint density at radius 1 is 1.35 bits per heavy atom. The number of carbonyl (C=O) groups excluding carboxylic acids is 1. The molecule has 5 heteroatoms. The lowest BCUT2D eigenvalue weighted by Gasteiger charge is -2.23. The molecule has 1 aliphatic heterocycles. The molecule has 1 unspecified atom stereocenters. The van der Waals surface area contributed by atoms with Crippen LogP contribution < -0.4 is 4.74 Å². The molecular weight excluding hydrogens is 258 g/mol. The number of benzene rings is 1. The summed E-state index contributed by atoms with van der Waals surface area (Å²) in [5, 5.41) is 9.19. The van der Waals surface area contributed by atoms with Crippen LogP contribution in [0.25, 0.3) is 0 Å². The molecule has 20 heavy (non-hydrogen) atoms. The number of hydrogen-bond acceptors (Lipinski definition) is 3. The Balaban J connectivity index is 2.41. The van der Waals surface area contributed by atoms with Gasteiger partial charge in [-0.15, -0.1) is 0 Å². The van der Waals surface area contributed by atoms with E-state index in [9.17, 15) is 14.7 Å². The van der Waals surface area contributed by atoms with Crippen LogP contribution in [0, 0.1) is 13.8 Å². The van der Waals surface area contributed by atoms with Crippen molar-refractivity contribution in [3.8, 4) is 5.75 Å². The maximum Gasteiger partial charge on any atom is 0.326 e. The summed E-state index contributed by atoms with van der Waals surface area (Å²) in [5.41, 5.74) is 2.28. The summed E-state index contributed by atoms with van der Waals surface area (Å²) < 4.78 is 5.31. The second kappa shape index (κ2) is 5.53. The van der Waals surface area contributed by atoms with Crippen LogP contribution in [-0.4, -0.2) is 41.6 Å². The molecule has 1 amide bonds. The molecule has 1 N–H and O–H groups in total. The molecule has 0 aromatic heterocycles. The molecule has 1 heterocycles. The van der Waals surface area contributed by atoms with Gasteiger partial charge in [0.1, 0.15) is 11.8 Å². The molecule has 1 atom stereocenters. The van der Waals surface area contributed by atoms with Crippen molar-refractivity contribution in [3.05, 3.63) is 28.8 Å². The predicted octanol–water partition coefficient (Wildman–Crippen LogP) is 2.00. The average Bonchev–Trinajstić information content (AvgIpc) is 2.86. The Morgan fingerprint density at radius 2 is 2.05 bits per heavy atom. The topological polar surface area (TPSA) is 66.8 Å². The van der Waals surface area contributed by atoms with Crippen molar-refractivity contribution in [3.63, 3.8) is 0 Å². The molecular formula is C15H19NO4. The molecule has 0 aliphatic carbocycles. The van der Waals surface area contributed by atoms with E-state index in [2.05, 4.69) is 0 Å². The number of rotatable bonds is 3.